The van der Waals surface area contributed by atoms with Crippen molar-refractivity contribution in [2.24, 2.45) is 0 Å². The molecular formula is C27H25Cl2NO4. The molecule has 4 rings (SSSR count). The lowest BCUT2D eigenvalue weighted by Gasteiger charge is -2.43. The highest BCUT2D eigenvalue weighted by Gasteiger charge is 2.41. The summed E-state index contributed by atoms with van der Waals surface area (Å²) in [7, 11) is 0. The summed E-state index contributed by atoms with van der Waals surface area (Å²) in [6, 6.07) is 24.1. The molecule has 34 heavy (non-hydrogen) atoms. The van der Waals surface area contributed by atoms with Gasteiger partial charge in [-0.15, -0.1) is 0 Å². The van der Waals surface area contributed by atoms with Gasteiger partial charge >= 0.3 is 5.97 Å². The van der Waals surface area contributed by atoms with Crippen LogP contribution >= 0.6 is 23.2 Å². The van der Waals surface area contributed by atoms with Crippen LogP contribution in [-0.4, -0.2) is 36.5 Å². The Morgan fingerprint density at radius 3 is 2.38 bits per heavy atom. The molecule has 0 bridgehead atoms. The average Bonchev–Trinajstić information content (AvgIpc) is 2.86. The first-order valence-electron chi connectivity index (χ1n) is 11.1. The summed E-state index contributed by atoms with van der Waals surface area (Å²) in [5.74, 6) is -0.440. The van der Waals surface area contributed by atoms with Crippen molar-refractivity contribution in [1.82, 2.24) is 4.90 Å². The van der Waals surface area contributed by atoms with Crippen LogP contribution in [0.25, 0.3) is 0 Å². The normalized spacial score (nSPS) is 18.1. The number of hydrogen-bond acceptors (Lipinski definition) is 4. The Morgan fingerprint density at radius 1 is 0.971 bits per heavy atom. The Balaban J connectivity index is 1.50. The van der Waals surface area contributed by atoms with Crippen molar-refractivity contribution in [3.63, 3.8) is 0 Å². The molecule has 5 nitrogen and oxygen atoms in total. The minimum atomic E-state index is -0.796. The minimum absolute atomic E-state index is 0.0448. The van der Waals surface area contributed by atoms with Gasteiger partial charge in [-0.2, -0.15) is 0 Å². The maximum atomic E-state index is 12.7. The highest BCUT2D eigenvalue weighted by molar-refractivity contribution is 6.42. The molecule has 1 saturated heterocycles. The molecule has 176 valence electrons. The lowest BCUT2D eigenvalue weighted by molar-refractivity contribution is -0.168. The first-order valence-corrected chi connectivity index (χ1v) is 11.9. The number of ether oxygens (including phenoxy) is 2. The van der Waals surface area contributed by atoms with E-state index < -0.39 is 5.60 Å². The van der Waals surface area contributed by atoms with Crippen molar-refractivity contribution in [3.05, 3.63) is 106 Å². The van der Waals surface area contributed by atoms with Gasteiger partial charge in [0, 0.05) is 6.54 Å². The maximum absolute atomic E-state index is 12.7. The Kier molecular flexibility index (Phi) is 7.88. The second-order valence-electron chi connectivity index (χ2n) is 8.25. The second-order valence-corrected chi connectivity index (χ2v) is 9.07. The van der Waals surface area contributed by atoms with Crippen LogP contribution in [0.1, 0.15) is 34.3 Å². The number of hydrogen-bond donors (Lipinski definition) is 0. The summed E-state index contributed by atoms with van der Waals surface area (Å²) in [5, 5.41) is 0.870. The van der Waals surface area contributed by atoms with Crippen LogP contribution in [0.2, 0.25) is 10.0 Å². The molecule has 0 spiro atoms. The molecule has 0 N–H and O–H groups in total. The van der Waals surface area contributed by atoms with E-state index in [-0.39, 0.29) is 25.1 Å². The number of nitrogens with zero attached hydrogens (tertiary/aromatic N) is 1. The zero-order valence-electron chi connectivity index (χ0n) is 18.6. The molecule has 7 heteroatoms. The molecule has 0 saturated carbocycles. The van der Waals surface area contributed by atoms with Crippen LogP contribution in [0.5, 0.6) is 0 Å². The largest absolute Gasteiger partial charge is 0.462 e. The molecule has 0 radical (unpaired) electrons. The third-order valence-electron chi connectivity index (χ3n) is 5.90. The van der Waals surface area contributed by atoms with Crippen molar-refractivity contribution in [2.75, 3.05) is 19.8 Å². The number of esters is 1. The molecule has 1 heterocycles. The van der Waals surface area contributed by atoms with Crippen LogP contribution in [0.3, 0.4) is 0 Å². The Morgan fingerprint density at radius 2 is 1.68 bits per heavy atom. The first-order chi connectivity index (χ1) is 16.5. The van der Waals surface area contributed by atoms with Gasteiger partial charge in [-0.05, 0) is 48.2 Å². The SMILES string of the molecule is O=C(OCCCC1(c2ccc(Cl)c(Cl)c2)CN(Cc2ccccc2)C(=O)CO1)c1ccccc1. The van der Waals surface area contributed by atoms with Crippen LogP contribution in [-0.2, 0) is 26.4 Å². The quantitative estimate of drug-likeness (QED) is 0.287. The molecule has 1 fully saturated rings. The summed E-state index contributed by atoms with van der Waals surface area (Å²) in [6.07, 6.45) is 1.08. The van der Waals surface area contributed by atoms with E-state index in [1.165, 1.54) is 0 Å². The van der Waals surface area contributed by atoms with Crippen molar-refractivity contribution in [1.29, 1.82) is 0 Å². The van der Waals surface area contributed by atoms with Gasteiger partial charge in [0.2, 0.25) is 5.91 Å². The number of carbonyl (C=O) groups is 2. The van der Waals surface area contributed by atoms with E-state index in [2.05, 4.69) is 0 Å². The van der Waals surface area contributed by atoms with Crippen molar-refractivity contribution in [3.8, 4) is 0 Å². The third kappa shape index (κ3) is 5.79. The molecular weight excluding hydrogens is 473 g/mol. The first kappa shape index (κ1) is 24.3. The summed E-state index contributed by atoms with van der Waals surface area (Å²) >= 11 is 12.5. The highest BCUT2D eigenvalue weighted by atomic mass is 35.5. The molecule has 3 aromatic carbocycles. The van der Waals surface area contributed by atoms with Gasteiger partial charge in [-0.25, -0.2) is 4.79 Å². The summed E-state index contributed by atoms with van der Waals surface area (Å²) in [4.78, 5) is 26.8. The molecule has 1 unspecified atom stereocenters. The Hall–Kier alpha value is -2.86. The van der Waals surface area contributed by atoms with Crippen LogP contribution in [0, 0.1) is 0 Å². The topological polar surface area (TPSA) is 55.8 Å². The van der Waals surface area contributed by atoms with Crippen molar-refractivity contribution < 1.29 is 19.1 Å². The third-order valence-corrected chi connectivity index (χ3v) is 6.64. The predicted molar refractivity (Wildman–Crippen MR) is 132 cm³/mol. The van der Waals surface area contributed by atoms with Gasteiger partial charge in [0.25, 0.3) is 0 Å². The smallest absolute Gasteiger partial charge is 0.338 e. The highest BCUT2D eigenvalue weighted by Crippen LogP contribution is 2.38. The average molecular weight is 498 g/mol. The van der Waals surface area contributed by atoms with Crippen molar-refractivity contribution >= 4 is 35.1 Å². The van der Waals surface area contributed by atoms with Crippen LogP contribution in [0.4, 0.5) is 0 Å². The molecule has 1 aliphatic rings. The maximum Gasteiger partial charge on any atom is 0.338 e. The van der Waals surface area contributed by atoms with Crippen LogP contribution < -0.4 is 0 Å². The molecule has 1 atom stereocenters. The lowest BCUT2D eigenvalue weighted by Crippen LogP contribution is -2.52. The fourth-order valence-corrected chi connectivity index (χ4v) is 4.41. The molecule has 1 amide bonds. The van der Waals surface area contributed by atoms with Gasteiger partial charge < -0.3 is 14.4 Å². The molecule has 0 aliphatic carbocycles. The zero-order valence-corrected chi connectivity index (χ0v) is 20.1. The van der Waals surface area contributed by atoms with E-state index in [1.54, 1.807) is 41.3 Å². The number of carbonyl (C=O) groups excluding carboxylic acids is 2. The molecule has 0 aromatic heterocycles. The molecule has 3 aromatic rings. The van der Waals surface area contributed by atoms with Gasteiger partial charge in [0.05, 0.1) is 28.8 Å². The van der Waals surface area contributed by atoms with E-state index in [0.717, 1.165) is 11.1 Å². The number of benzene rings is 3. The number of morpholine rings is 1. The van der Waals surface area contributed by atoms with E-state index in [1.807, 2.05) is 42.5 Å². The number of amides is 1. The fourth-order valence-electron chi connectivity index (χ4n) is 4.11. The number of halogens is 2. The Labute approximate surface area is 209 Å². The molecule has 1 aliphatic heterocycles. The summed E-state index contributed by atoms with van der Waals surface area (Å²) in [6.45, 7) is 1.02. The predicted octanol–water partition coefficient (Wildman–Crippen LogP) is 5.88. The number of rotatable bonds is 8. The van der Waals surface area contributed by atoms with Gasteiger partial charge in [-0.3, -0.25) is 4.79 Å². The zero-order chi connectivity index (χ0) is 24.0. The monoisotopic (exact) mass is 497 g/mol. The second kappa shape index (κ2) is 11.0. The van der Waals surface area contributed by atoms with Crippen LogP contribution in [0.15, 0.2) is 78.9 Å². The van der Waals surface area contributed by atoms with Gasteiger partial charge in [-0.1, -0.05) is 77.8 Å². The summed E-state index contributed by atoms with van der Waals surface area (Å²) < 4.78 is 11.6. The minimum Gasteiger partial charge on any atom is -0.462 e. The Bertz CT molecular complexity index is 1140. The van der Waals surface area contributed by atoms with Gasteiger partial charge in [0.1, 0.15) is 12.2 Å². The standard InChI is InChI=1S/C27H25Cl2NO4/c28-23-13-12-22(16-24(23)29)27(14-7-15-33-26(32)21-10-5-2-6-11-21)19-30(25(31)18-34-27)17-20-8-3-1-4-9-20/h1-6,8-13,16H,7,14-15,17-19H2. The van der Waals surface area contributed by atoms with Gasteiger partial charge in [0.15, 0.2) is 0 Å². The fraction of sp³-hybridized carbons (Fsp3) is 0.259. The van der Waals surface area contributed by atoms with Crippen molar-refractivity contribution in [2.45, 2.75) is 25.0 Å². The van der Waals surface area contributed by atoms with E-state index in [9.17, 15) is 9.59 Å². The van der Waals surface area contributed by atoms with E-state index in [4.69, 9.17) is 32.7 Å². The van der Waals surface area contributed by atoms with E-state index >= 15 is 0 Å². The summed E-state index contributed by atoms with van der Waals surface area (Å²) in [5.41, 5.74) is 1.59. The lowest BCUT2D eigenvalue weighted by atomic mass is 9.87. The van der Waals surface area contributed by atoms with E-state index in [0.29, 0.717) is 41.5 Å².